The zero-order valence-electron chi connectivity index (χ0n) is 22.0. The number of hydrogen-bond acceptors (Lipinski definition) is 7. The van der Waals surface area contributed by atoms with Crippen molar-refractivity contribution in [3.8, 4) is 0 Å². The first-order valence-corrected chi connectivity index (χ1v) is 13.4. The van der Waals surface area contributed by atoms with E-state index in [4.69, 9.17) is 4.74 Å². The van der Waals surface area contributed by atoms with E-state index in [0.29, 0.717) is 38.0 Å². The van der Waals surface area contributed by atoms with Crippen molar-refractivity contribution in [2.75, 3.05) is 32.8 Å². The lowest BCUT2D eigenvalue weighted by Gasteiger charge is -2.40. The molecule has 37 heavy (non-hydrogen) atoms. The average molecular weight is 513 g/mol. The van der Waals surface area contributed by atoms with E-state index in [0.717, 1.165) is 38.2 Å². The molecule has 0 aliphatic carbocycles. The van der Waals surface area contributed by atoms with Gasteiger partial charge in [-0.2, -0.15) is 5.10 Å². The van der Waals surface area contributed by atoms with Gasteiger partial charge < -0.3 is 19.8 Å². The molecule has 1 spiro atoms. The van der Waals surface area contributed by atoms with Crippen molar-refractivity contribution in [2.45, 2.75) is 64.2 Å². The number of rotatable bonds is 3. The number of amides is 1. The maximum Gasteiger partial charge on any atom is 0.312 e. The summed E-state index contributed by atoms with van der Waals surface area (Å²) < 4.78 is 7.25. The Kier molecular flexibility index (Phi) is 9.00. The van der Waals surface area contributed by atoms with Crippen LogP contribution in [0.2, 0.25) is 0 Å². The van der Waals surface area contributed by atoms with Gasteiger partial charge in [0.15, 0.2) is 5.69 Å². The smallest absolute Gasteiger partial charge is 0.312 e. The lowest BCUT2D eigenvalue weighted by atomic mass is 9.74. The number of hydrogen-bond donors (Lipinski definition) is 2. The van der Waals surface area contributed by atoms with Crippen LogP contribution < -0.4 is 0 Å². The molecular formula is C28H40N4O5. The molecule has 1 aromatic heterocycles. The number of carbonyl (C=O) groups is 2. The highest BCUT2D eigenvalue weighted by Crippen LogP contribution is 2.38. The molecule has 9 heteroatoms. The van der Waals surface area contributed by atoms with Gasteiger partial charge in [0.05, 0.1) is 11.5 Å². The molecule has 1 aromatic carbocycles. The van der Waals surface area contributed by atoms with E-state index in [-0.39, 0.29) is 24.9 Å². The van der Waals surface area contributed by atoms with Crippen LogP contribution in [-0.2, 0) is 23.1 Å². The maximum atomic E-state index is 13.3. The number of esters is 1. The number of aryl methyl sites for hydroxylation is 2. The summed E-state index contributed by atoms with van der Waals surface area (Å²) in [5.41, 5.74) is 1.90. The van der Waals surface area contributed by atoms with Crippen LogP contribution >= 0.6 is 0 Å². The van der Waals surface area contributed by atoms with Crippen LogP contribution in [0.3, 0.4) is 0 Å². The van der Waals surface area contributed by atoms with Crippen molar-refractivity contribution in [3.63, 3.8) is 0 Å². The second-order valence-electron chi connectivity index (χ2n) is 10.6. The summed E-state index contributed by atoms with van der Waals surface area (Å²) in [6.07, 6.45) is 1.46. The van der Waals surface area contributed by atoms with Crippen molar-refractivity contribution in [2.24, 2.45) is 12.5 Å². The molecule has 0 bridgehead atoms. The summed E-state index contributed by atoms with van der Waals surface area (Å²) in [5, 5.41) is 25.3. The number of nitrogens with zero attached hydrogens (tertiary/aromatic N) is 4. The van der Waals surface area contributed by atoms with Crippen LogP contribution in [-0.4, -0.2) is 86.7 Å². The monoisotopic (exact) mass is 512 g/mol. The summed E-state index contributed by atoms with van der Waals surface area (Å²) in [6.45, 7) is 4.87. The topological polar surface area (TPSA) is 108 Å². The quantitative estimate of drug-likeness (QED) is 0.608. The standard InChI is InChI=1S/C28H40N4O5/c1-21-18-23(29-30(21)2)26(35)32-14-7-6-11-28(27(36)37-20-25(34)24(33)10-15-32)12-16-31(17-13-28)19-22-8-4-3-5-9-22/h3-5,8-9,18,24-25,33-34H,6-7,10-17,19-20H2,1-2H3/t24-,25+/m0/s1. The maximum absolute atomic E-state index is 13.3. The molecule has 2 saturated heterocycles. The molecule has 9 nitrogen and oxygen atoms in total. The Balaban J connectivity index is 1.43. The average Bonchev–Trinajstić information content (AvgIpc) is 3.25. The Bertz CT molecular complexity index is 1030. The molecule has 0 radical (unpaired) electrons. The summed E-state index contributed by atoms with van der Waals surface area (Å²) in [5.74, 6) is -0.467. The fourth-order valence-corrected chi connectivity index (χ4v) is 5.35. The molecule has 3 heterocycles. The van der Waals surface area contributed by atoms with Crippen LogP contribution in [0.15, 0.2) is 36.4 Å². The van der Waals surface area contributed by atoms with Crippen molar-refractivity contribution in [3.05, 3.63) is 53.3 Å². The second-order valence-corrected chi connectivity index (χ2v) is 10.6. The fraction of sp³-hybridized carbons (Fsp3) is 0.607. The van der Waals surface area contributed by atoms with E-state index >= 15 is 0 Å². The van der Waals surface area contributed by atoms with Crippen molar-refractivity contribution >= 4 is 11.9 Å². The Morgan fingerprint density at radius 1 is 1.05 bits per heavy atom. The predicted octanol–water partition coefficient (Wildman–Crippen LogP) is 2.29. The van der Waals surface area contributed by atoms with Crippen molar-refractivity contribution in [1.82, 2.24) is 19.6 Å². The number of cyclic esters (lactones) is 1. The molecule has 2 atom stereocenters. The number of carbonyl (C=O) groups excluding carboxylic acids is 2. The van der Waals surface area contributed by atoms with Crippen molar-refractivity contribution in [1.29, 1.82) is 0 Å². The van der Waals surface area contributed by atoms with E-state index in [1.807, 2.05) is 25.1 Å². The van der Waals surface area contributed by atoms with Gasteiger partial charge in [-0.1, -0.05) is 36.8 Å². The van der Waals surface area contributed by atoms with Gasteiger partial charge in [-0.05, 0) is 63.7 Å². The molecule has 2 aliphatic rings. The first-order valence-electron chi connectivity index (χ1n) is 13.4. The van der Waals surface area contributed by atoms with Crippen LogP contribution in [0.25, 0.3) is 0 Å². The van der Waals surface area contributed by atoms with Crippen molar-refractivity contribution < 1.29 is 24.5 Å². The van der Waals surface area contributed by atoms with Gasteiger partial charge in [-0.15, -0.1) is 0 Å². The lowest BCUT2D eigenvalue weighted by molar-refractivity contribution is -0.165. The minimum atomic E-state index is -1.20. The largest absolute Gasteiger partial charge is 0.462 e. The summed E-state index contributed by atoms with van der Waals surface area (Å²) >= 11 is 0. The first kappa shape index (κ1) is 27.3. The molecule has 2 N–H and O–H groups in total. The van der Waals surface area contributed by atoms with Crippen LogP contribution in [0.5, 0.6) is 0 Å². The predicted molar refractivity (Wildman–Crippen MR) is 139 cm³/mol. The van der Waals surface area contributed by atoms with Gasteiger partial charge in [0.1, 0.15) is 12.7 Å². The molecule has 2 fully saturated rings. The Hall–Kier alpha value is -2.75. The third-order valence-electron chi connectivity index (χ3n) is 7.97. The van der Waals surface area contributed by atoms with Crippen LogP contribution in [0.4, 0.5) is 0 Å². The number of aromatic nitrogens is 2. The first-order chi connectivity index (χ1) is 17.8. The molecule has 2 aromatic rings. The van der Waals surface area contributed by atoms with Gasteiger partial charge >= 0.3 is 5.97 Å². The molecule has 1 amide bonds. The molecule has 0 unspecified atom stereocenters. The Morgan fingerprint density at radius 2 is 1.78 bits per heavy atom. The normalized spacial score (nSPS) is 24.1. The number of aliphatic hydroxyl groups excluding tert-OH is 2. The molecular weight excluding hydrogens is 472 g/mol. The third kappa shape index (κ3) is 6.77. The summed E-state index contributed by atoms with van der Waals surface area (Å²) in [7, 11) is 1.80. The van der Waals surface area contributed by atoms with E-state index in [1.54, 1.807) is 22.7 Å². The third-order valence-corrected chi connectivity index (χ3v) is 7.97. The van der Waals surface area contributed by atoms with E-state index < -0.39 is 17.6 Å². The minimum absolute atomic E-state index is 0.184. The highest BCUT2D eigenvalue weighted by molar-refractivity contribution is 5.92. The van der Waals surface area contributed by atoms with E-state index in [1.165, 1.54) is 5.56 Å². The van der Waals surface area contributed by atoms with E-state index in [9.17, 15) is 19.8 Å². The van der Waals surface area contributed by atoms with Gasteiger partial charge in [0, 0.05) is 32.4 Å². The number of aliphatic hydroxyl groups is 2. The van der Waals surface area contributed by atoms with Crippen LogP contribution in [0, 0.1) is 12.3 Å². The van der Waals surface area contributed by atoms with E-state index in [2.05, 4.69) is 22.1 Å². The van der Waals surface area contributed by atoms with Gasteiger partial charge in [-0.25, -0.2) is 0 Å². The van der Waals surface area contributed by atoms with Gasteiger partial charge in [0.25, 0.3) is 5.91 Å². The Labute approximate surface area is 219 Å². The molecule has 0 saturated carbocycles. The van der Waals surface area contributed by atoms with Gasteiger partial charge in [-0.3, -0.25) is 19.2 Å². The molecule has 202 valence electrons. The summed E-state index contributed by atoms with van der Waals surface area (Å²) in [4.78, 5) is 30.6. The number of benzene rings is 1. The highest BCUT2D eigenvalue weighted by Gasteiger charge is 2.42. The Morgan fingerprint density at radius 3 is 2.46 bits per heavy atom. The minimum Gasteiger partial charge on any atom is -0.462 e. The zero-order chi connectivity index (χ0) is 26.4. The lowest BCUT2D eigenvalue weighted by Crippen LogP contribution is -2.45. The number of likely N-dealkylation sites (tertiary alicyclic amines) is 1. The fourth-order valence-electron chi connectivity index (χ4n) is 5.35. The number of ether oxygens (including phenoxy) is 1. The molecule has 4 rings (SSSR count). The molecule has 2 aliphatic heterocycles. The SMILES string of the molecule is Cc1cc(C(=O)N2CCCCC3(CCN(Cc4ccccc4)CC3)C(=O)OC[C@@H](O)[C@@H](O)CC2)nn1C. The highest BCUT2D eigenvalue weighted by atomic mass is 16.5. The zero-order valence-corrected chi connectivity index (χ0v) is 22.0. The number of piperidine rings is 1. The van der Waals surface area contributed by atoms with Gasteiger partial charge in [0.2, 0.25) is 0 Å². The van der Waals surface area contributed by atoms with Crippen LogP contribution in [0.1, 0.15) is 60.3 Å². The second kappa shape index (κ2) is 12.2. The summed E-state index contributed by atoms with van der Waals surface area (Å²) in [6, 6.07) is 12.1.